The van der Waals surface area contributed by atoms with Crippen molar-refractivity contribution in [1.29, 1.82) is 0 Å². The number of halogens is 2. The molecule has 7 nitrogen and oxygen atoms in total. The normalized spacial score (nSPS) is 16.5. The predicted molar refractivity (Wildman–Crippen MR) is 134 cm³/mol. The van der Waals surface area contributed by atoms with Crippen LogP contribution < -0.4 is 9.47 Å². The molecule has 1 N–H and O–H groups in total. The zero-order chi connectivity index (χ0) is 26.5. The van der Waals surface area contributed by atoms with Crippen molar-refractivity contribution < 1.29 is 28.2 Å². The second kappa shape index (κ2) is 11.6. The number of aromatic nitrogens is 3. The summed E-state index contributed by atoms with van der Waals surface area (Å²) in [5.74, 6) is -2.38. The molecule has 1 aromatic carbocycles. The Hall–Kier alpha value is -3.62. The van der Waals surface area contributed by atoms with Crippen LogP contribution in [0.1, 0.15) is 68.1 Å². The molecule has 0 radical (unpaired) electrons. The average Bonchev–Trinajstić information content (AvgIpc) is 3.77. The van der Waals surface area contributed by atoms with Gasteiger partial charge in [-0.15, -0.1) is 0 Å². The second-order valence-corrected chi connectivity index (χ2v) is 9.34. The smallest absolute Gasteiger partial charge is 0.306 e. The standard InChI is InChI=1S/C25H25F2N3O4.C3H6/c1-4-33-21-10-17(18(26)11-28-21)19-12-29-23(14(3)30-19)20-8-7-15-5-6-16(9-13(2)25(31)32)22(27)24(15)34-20;1-2-3-1/h5-6,10-13,20H,4,7-9H2,1-3H3,(H,31,32);1-3H2. The Balaban J connectivity index is 0.000000994. The van der Waals surface area contributed by atoms with Crippen molar-refractivity contribution in [3.8, 4) is 22.9 Å². The third-order valence-electron chi connectivity index (χ3n) is 6.18. The molecule has 37 heavy (non-hydrogen) atoms. The predicted octanol–water partition coefficient (Wildman–Crippen LogP) is 6.02. The highest BCUT2D eigenvalue weighted by atomic mass is 19.1. The van der Waals surface area contributed by atoms with Gasteiger partial charge in [0, 0.05) is 11.6 Å². The molecule has 2 aliphatic rings. The van der Waals surface area contributed by atoms with Crippen LogP contribution in [-0.2, 0) is 17.6 Å². The van der Waals surface area contributed by atoms with E-state index in [1.807, 2.05) is 6.92 Å². The topological polar surface area (TPSA) is 94.4 Å². The van der Waals surface area contributed by atoms with E-state index in [-0.39, 0.29) is 23.6 Å². The van der Waals surface area contributed by atoms with E-state index in [4.69, 9.17) is 14.6 Å². The Bertz CT molecular complexity index is 1280. The van der Waals surface area contributed by atoms with Crippen molar-refractivity contribution in [1.82, 2.24) is 15.0 Å². The summed E-state index contributed by atoms with van der Waals surface area (Å²) in [6.45, 7) is 5.49. The molecule has 0 saturated heterocycles. The summed E-state index contributed by atoms with van der Waals surface area (Å²) in [5.41, 5.74) is 2.65. The van der Waals surface area contributed by atoms with Gasteiger partial charge in [-0.3, -0.25) is 9.78 Å². The highest BCUT2D eigenvalue weighted by molar-refractivity contribution is 5.70. The molecule has 1 fully saturated rings. The number of fused-ring (bicyclic) bond motifs is 1. The van der Waals surface area contributed by atoms with Crippen molar-refractivity contribution in [2.24, 2.45) is 5.92 Å². The minimum absolute atomic E-state index is 0.0667. The molecule has 0 bridgehead atoms. The van der Waals surface area contributed by atoms with Crippen LogP contribution in [0.4, 0.5) is 8.78 Å². The first-order valence-electron chi connectivity index (χ1n) is 12.6. The lowest BCUT2D eigenvalue weighted by atomic mass is 9.94. The Morgan fingerprint density at radius 3 is 2.62 bits per heavy atom. The summed E-state index contributed by atoms with van der Waals surface area (Å²) in [6, 6.07) is 4.88. The lowest BCUT2D eigenvalue weighted by molar-refractivity contribution is -0.141. The second-order valence-electron chi connectivity index (χ2n) is 9.34. The summed E-state index contributed by atoms with van der Waals surface area (Å²) < 4.78 is 40.9. The van der Waals surface area contributed by atoms with E-state index >= 15 is 4.39 Å². The molecule has 2 unspecified atom stereocenters. The molecule has 1 aliphatic heterocycles. The summed E-state index contributed by atoms with van der Waals surface area (Å²) in [5, 5.41) is 9.15. The van der Waals surface area contributed by atoms with Gasteiger partial charge in [0.1, 0.15) is 11.8 Å². The fourth-order valence-electron chi connectivity index (χ4n) is 4.00. The number of ether oxygens (including phenoxy) is 2. The number of benzene rings is 1. The molecule has 196 valence electrons. The number of carboxylic acids is 1. The lowest BCUT2D eigenvalue weighted by Gasteiger charge is -2.27. The third kappa shape index (κ3) is 6.39. The van der Waals surface area contributed by atoms with Gasteiger partial charge in [-0.2, -0.15) is 0 Å². The van der Waals surface area contributed by atoms with Crippen molar-refractivity contribution in [2.75, 3.05) is 6.61 Å². The Morgan fingerprint density at radius 1 is 1.22 bits per heavy atom. The van der Waals surface area contributed by atoms with Gasteiger partial charge < -0.3 is 14.6 Å². The van der Waals surface area contributed by atoms with Gasteiger partial charge in [0.05, 0.1) is 36.3 Å². The van der Waals surface area contributed by atoms with Crippen LogP contribution in [0, 0.1) is 24.5 Å². The van der Waals surface area contributed by atoms with E-state index in [9.17, 15) is 9.18 Å². The highest BCUT2D eigenvalue weighted by Crippen LogP contribution is 2.39. The van der Waals surface area contributed by atoms with Gasteiger partial charge in [-0.25, -0.2) is 18.7 Å². The fourth-order valence-corrected chi connectivity index (χ4v) is 4.00. The van der Waals surface area contributed by atoms with Gasteiger partial charge in [-0.05, 0) is 44.2 Å². The minimum Gasteiger partial charge on any atom is -0.481 e. The zero-order valence-corrected chi connectivity index (χ0v) is 21.3. The van der Waals surface area contributed by atoms with Gasteiger partial charge in [0.2, 0.25) is 5.88 Å². The van der Waals surface area contributed by atoms with Crippen LogP contribution in [-0.4, -0.2) is 32.6 Å². The number of hydrogen-bond acceptors (Lipinski definition) is 6. The summed E-state index contributed by atoms with van der Waals surface area (Å²) in [7, 11) is 0. The van der Waals surface area contributed by atoms with Crippen LogP contribution in [0.2, 0.25) is 0 Å². The summed E-state index contributed by atoms with van der Waals surface area (Å²) >= 11 is 0. The average molecular weight is 512 g/mol. The zero-order valence-electron chi connectivity index (χ0n) is 21.3. The molecule has 2 aromatic heterocycles. The summed E-state index contributed by atoms with van der Waals surface area (Å²) in [6.07, 6.45) is 7.72. The molecule has 5 rings (SSSR count). The number of aliphatic carboxylic acids is 1. The Morgan fingerprint density at radius 2 is 1.97 bits per heavy atom. The number of hydrogen-bond donors (Lipinski definition) is 1. The fraction of sp³-hybridized carbons (Fsp3) is 0.429. The Kier molecular flexibility index (Phi) is 8.31. The van der Waals surface area contributed by atoms with E-state index < -0.39 is 29.6 Å². The molecular formula is C28H31F2N3O4. The van der Waals surface area contributed by atoms with E-state index in [0.29, 0.717) is 42.1 Å². The maximum Gasteiger partial charge on any atom is 0.306 e. The maximum atomic E-state index is 15.2. The molecule has 3 aromatic rings. The lowest BCUT2D eigenvalue weighted by Crippen LogP contribution is -2.20. The van der Waals surface area contributed by atoms with Crippen molar-refractivity contribution in [3.63, 3.8) is 0 Å². The van der Waals surface area contributed by atoms with Crippen LogP contribution in [0.25, 0.3) is 11.3 Å². The van der Waals surface area contributed by atoms with Gasteiger partial charge >= 0.3 is 5.97 Å². The first kappa shape index (κ1) is 26.4. The van der Waals surface area contributed by atoms with E-state index in [0.717, 1.165) is 11.8 Å². The third-order valence-corrected chi connectivity index (χ3v) is 6.18. The largest absolute Gasteiger partial charge is 0.481 e. The van der Waals surface area contributed by atoms with Crippen LogP contribution in [0.15, 0.2) is 30.6 Å². The monoisotopic (exact) mass is 511 g/mol. The van der Waals surface area contributed by atoms with Crippen LogP contribution in [0.3, 0.4) is 0 Å². The first-order valence-corrected chi connectivity index (χ1v) is 12.6. The molecule has 3 heterocycles. The van der Waals surface area contributed by atoms with Crippen molar-refractivity contribution >= 4 is 5.97 Å². The van der Waals surface area contributed by atoms with E-state index in [2.05, 4.69) is 15.0 Å². The molecule has 1 aliphatic carbocycles. The number of carboxylic acid groups (broad SMARTS) is 1. The van der Waals surface area contributed by atoms with Crippen molar-refractivity contribution in [2.45, 2.75) is 65.4 Å². The Labute approximate surface area is 214 Å². The summed E-state index contributed by atoms with van der Waals surface area (Å²) in [4.78, 5) is 24.1. The van der Waals surface area contributed by atoms with E-state index in [1.165, 1.54) is 38.4 Å². The molecule has 0 amide bonds. The number of rotatable bonds is 7. The van der Waals surface area contributed by atoms with Crippen LogP contribution >= 0.6 is 0 Å². The first-order chi connectivity index (χ1) is 17.8. The SMILES string of the molecule is C1CC1.CCOc1cc(-c2cnc(C3CCc4ccc(CC(C)C(=O)O)c(F)c4O3)c(C)n2)c(F)cn1. The van der Waals surface area contributed by atoms with Gasteiger partial charge in [0.15, 0.2) is 17.4 Å². The molecule has 1 saturated carbocycles. The molecule has 9 heteroatoms. The molecule has 0 spiro atoms. The van der Waals surface area contributed by atoms with Crippen molar-refractivity contribution in [3.05, 3.63) is 64.7 Å². The highest BCUT2D eigenvalue weighted by Gasteiger charge is 2.29. The number of aryl methyl sites for hydroxylation is 2. The van der Waals surface area contributed by atoms with Crippen LogP contribution in [0.5, 0.6) is 11.6 Å². The molecule has 2 atom stereocenters. The maximum absolute atomic E-state index is 15.2. The number of nitrogens with zero attached hydrogens (tertiary/aromatic N) is 3. The quantitative estimate of drug-likeness (QED) is 0.414. The number of carbonyl (C=O) groups is 1. The molecular weight excluding hydrogens is 480 g/mol. The van der Waals surface area contributed by atoms with E-state index in [1.54, 1.807) is 19.1 Å². The van der Waals surface area contributed by atoms with Gasteiger partial charge in [0.25, 0.3) is 0 Å². The van der Waals surface area contributed by atoms with Gasteiger partial charge in [-0.1, -0.05) is 38.3 Å². The number of pyridine rings is 1. The minimum atomic E-state index is -0.985.